The molecule has 1 aliphatic heterocycles. The van der Waals surface area contributed by atoms with Gasteiger partial charge in [0.25, 0.3) is 12.0 Å². The largest absolute Gasteiger partial charge is 0.483 e. The quantitative estimate of drug-likeness (QED) is 0.579. The summed E-state index contributed by atoms with van der Waals surface area (Å²) in [6.07, 6.45) is 0.698. The van der Waals surface area contributed by atoms with E-state index in [1.807, 2.05) is 30.3 Å². The number of benzene rings is 1. The van der Waals surface area contributed by atoms with Gasteiger partial charge in [0.1, 0.15) is 0 Å². The molecule has 28 heavy (non-hydrogen) atoms. The van der Waals surface area contributed by atoms with Gasteiger partial charge in [-0.2, -0.15) is 5.10 Å². The second-order valence-electron chi connectivity index (χ2n) is 6.49. The van der Waals surface area contributed by atoms with Crippen molar-refractivity contribution >= 4 is 23.3 Å². The molecule has 3 N–H and O–H groups in total. The van der Waals surface area contributed by atoms with Crippen molar-refractivity contribution in [1.29, 1.82) is 0 Å². The highest BCUT2D eigenvalue weighted by atomic mass is 16.4. The average Bonchev–Trinajstić information content (AvgIpc) is 3.10. The topological polar surface area (TPSA) is 129 Å². The fourth-order valence-corrected chi connectivity index (χ4v) is 3.51. The van der Waals surface area contributed by atoms with E-state index in [2.05, 4.69) is 15.1 Å². The third-order valence-corrected chi connectivity index (χ3v) is 4.82. The summed E-state index contributed by atoms with van der Waals surface area (Å²) in [6.45, 7) is 1.47. The predicted molar refractivity (Wildman–Crippen MR) is 101 cm³/mol. The fraction of sp³-hybridized carbons (Fsp3) is 0.263. The minimum absolute atomic E-state index is 0.0184. The number of carboxylic acid groups (broad SMARTS) is 2. The van der Waals surface area contributed by atoms with Crippen LogP contribution in [0.15, 0.2) is 35.1 Å². The number of hydrogen-bond acceptors (Lipinski definition) is 5. The lowest BCUT2D eigenvalue weighted by Crippen LogP contribution is -2.33. The molecule has 0 amide bonds. The summed E-state index contributed by atoms with van der Waals surface area (Å²) < 4.78 is 1.67. The molecule has 0 atom stereocenters. The molecule has 0 spiro atoms. The number of H-pyrrole nitrogens is 1. The summed E-state index contributed by atoms with van der Waals surface area (Å²) in [7, 11) is 1.78. The van der Waals surface area contributed by atoms with E-state index in [0.717, 1.165) is 28.7 Å². The standard InChI is InChI=1S/C18H18N4O3.CH2O2/c1-21-15-5-3-2-4-11(15)8-12(17(21)23)9-22-7-6-14-13(10-22)16(18(24)25)20-19-14;2-1-3/h2-5,8H,6-7,9-10H2,1H3,(H,19,20)(H,24,25);1H,(H,2,3). The Morgan fingerprint density at radius 3 is 2.79 bits per heavy atom. The molecule has 9 nitrogen and oxygen atoms in total. The van der Waals surface area contributed by atoms with Crippen molar-refractivity contribution in [1.82, 2.24) is 19.7 Å². The van der Waals surface area contributed by atoms with E-state index in [0.29, 0.717) is 25.1 Å². The first-order valence-electron chi connectivity index (χ1n) is 8.63. The molecule has 0 fully saturated rings. The highest BCUT2D eigenvalue weighted by Gasteiger charge is 2.25. The summed E-state index contributed by atoms with van der Waals surface area (Å²) in [6, 6.07) is 9.72. The van der Waals surface area contributed by atoms with Crippen LogP contribution in [0.2, 0.25) is 0 Å². The van der Waals surface area contributed by atoms with Crippen LogP contribution >= 0.6 is 0 Å². The summed E-state index contributed by atoms with van der Waals surface area (Å²) in [5.41, 5.74) is 3.27. The summed E-state index contributed by atoms with van der Waals surface area (Å²) in [5.74, 6) is -1.03. The zero-order valence-electron chi connectivity index (χ0n) is 15.3. The number of aromatic carboxylic acids is 1. The molecule has 9 heteroatoms. The third-order valence-electron chi connectivity index (χ3n) is 4.82. The number of nitrogens with one attached hydrogen (secondary N) is 1. The van der Waals surface area contributed by atoms with Gasteiger partial charge in [-0.1, -0.05) is 18.2 Å². The van der Waals surface area contributed by atoms with Crippen LogP contribution in [-0.4, -0.2) is 48.9 Å². The molecule has 0 radical (unpaired) electrons. The number of aromatic nitrogens is 3. The molecule has 0 unspecified atom stereocenters. The second kappa shape index (κ2) is 8.05. The lowest BCUT2D eigenvalue weighted by Gasteiger charge is -2.26. The number of carbonyl (C=O) groups is 2. The maximum absolute atomic E-state index is 12.7. The van der Waals surface area contributed by atoms with Crippen molar-refractivity contribution in [3.63, 3.8) is 0 Å². The highest BCUT2D eigenvalue weighted by molar-refractivity contribution is 5.87. The predicted octanol–water partition coefficient (Wildman–Crippen LogP) is 1.22. The highest BCUT2D eigenvalue weighted by Crippen LogP contribution is 2.22. The van der Waals surface area contributed by atoms with Crippen molar-refractivity contribution in [3.8, 4) is 0 Å². The van der Waals surface area contributed by atoms with Gasteiger partial charge in [-0.3, -0.25) is 19.6 Å². The molecular weight excluding hydrogens is 364 g/mol. The summed E-state index contributed by atoms with van der Waals surface area (Å²) in [4.78, 5) is 34.4. The molecule has 3 aromatic rings. The molecule has 0 saturated carbocycles. The normalized spacial score (nSPS) is 13.5. The van der Waals surface area contributed by atoms with Crippen molar-refractivity contribution in [3.05, 3.63) is 63.2 Å². The smallest absolute Gasteiger partial charge is 0.356 e. The fourth-order valence-electron chi connectivity index (χ4n) is 3.51. The van der Waals surface area contributed by atoms with Crippen molar-refractivity contribution < 1.29 is 19.8 Å². The van der Waals surface area contributed by atoms with Gasteiger partial charge >= 0.3 is 5.97 Å². The van der Waals surface area contributed by atoms with E-state index in [4.69, 9.17) is 9.90 Å². The van der Waals surface area contributed by atoms with Gasteiger partial charge in [-0.15, -0.1) is 0 Å². The Balaban J connectivity index is 0.000000706. The number of pyridine rings is 1. The molecule has 1 aliphatic rings. The molecule has 0 saturated heterocycles. The molecule has 1 aromatic carbocycles. The van der Waals surface area contributed by atoms with Gasteiger partial charge in [0.05, 0.1) is 5.52 Å². The van der Waals surface area contributed by atoms with E-state index in [9.17, 15) is 14.7 Å². The lowest BCUT2D eigenvalue weighted by molar-refractivity contribution is -0.122. The van der Waals surface area contributed by atoms with Crippen LogP contribution in [0.5, 0.6) is 0 Å². The molecule has 0 aliphatic carbocycles. The molecule has 3 heterocycles. The maximum Gasteiger partial charge on any atom is 0.356 e. The summed E-state index contributed by atoms with van der Waals surface area (Å²) >= 11 is 0. The van der Waals surface area contributed by atoms with E-state index in [1.165, 1.54) is 0 Å². The minimum Gasteiger partial charge on any atom is -0.483 e. The summed E-state index contributed by atoms with van der Waals surface area (Å²) in [5, 5.41) is 23.9. The zero-order valence-corrected chi connectivity index (χ0v) is 15.3. The van der Waals surface area contributed by atoms with Crippen LogP contribution in [0.4, 0.5) is 0 Å². The number of fused-ring (bicyclic) bond motifs is 2. The Hall–Kier alpha value is -3.46. The minimum atomic E-state index is -1.03. The number of rotatable bonds is 3. The molecule has 0 bridgehead atoms. The van der Waals surface area contributed by atoms with Crippen molar-refractivity contribution in [2.45, 2.75) is 19.5 Å². The van der Waals surface area contributed by atoms with Gasteiger partial charge in [0.2, 0.25) is 0 Å². The van der Waals surface area contributed by atoms with E-state index in [1.54, 1.807) is 11.6 Å². The first kappa shape index (κ1) is 19.3. The van der Waals surface area contributed by atoms with Crippen LogP contribution in [0.25, 0.3) is 10.9 Å². The molecule has 2 aromatic heterocycles. The zero-order chi connectivity index (χ0) is 20.3. The van der Waals surface area contributed by atoms with Gasteiger partial charge in [-0.25, -0.2) is 4.79 Å². The SMILES string of the molecule is Cn1c(=O)c(CN2CCc3[nH]nc(C(=O)O)c3C2)cc2ccccc21.O=CO. The Morgan fingerprint density at radius 2 is 2.07 bits per heavy atom. The number of carboxylic acids is 1. The maximum atomic E-state index is 12.7. The second-order valence-corrected chi connectivity index (χ2v) is 6.49. The van der Waals surface area contributed by atoms with Crippen LogP contribution in [-0.2, 0) is 31.4 Å². The van der Waals surface area contributed by atoms with E-state index in [-0.39, 0.29) is 17.7 Å². The Labute approximate surface area is 159 Å². The number of nitrogens with zero attached hydrogens (tertiary/aromatic N) is 3. The first-order chi connectivity index (χ1) is 13.5. The number of aromatic amines is 1. The number of aryl methyl sites for hydroxylation is 1. The molecule has 4 rings (SSSR count). The molecular formula is C19H20N4O5. The number of para-hydroxylation sites is 1. The number of hydrogen-bond donors (Lipinski definition) is 3. The Kier molecular flexibility index (Phi) is 5.55. The van der Waals surface area contributed by atoms with E-state index < -0.39 is 5.97 Å². The third kappa shape index (κ3) is 3.65. The van der Waals surface area contributed by atoms with Gasteiger partial charge < -0.3 is 14.8 Å². The first-order valence-corrected chi connectivity index (χ1v) is 8.63. The Bertz CT molecular complexity index is 1090. The van der Waals surface area contributed by atoms with Crippen LogP contribution in [0.3, 0.4) is 0 Å². The Morgan fingerprint density at radius 1 is 1.36 bits per heavy atom. The van der Waals surface area contributed by atoms with Crippen LogP contribution in [0.1, 0.15) is 27.3 Å². The van der Waals surface area contributed by atoms with E-state index >= 15 is 0 Å². The average molecular weight is 384 g/mol. The molecule has 146 valence electrons. The monoisotopic (exact) mass is 384 g/mol. The van der Waals surface area contributed by atoms with Gasteiger partial charge in [0, 0.05) is 49.9 Å². The van der Waals surface area contributed by atoms with Crippen LogP contribution < -0.4 is 5.56 Å². The van der Waals surface area contributed by atoms with Gasteiger partial charge in [-0.05, 0) is 17.5 Å². The van der Waals surface area contributed by atoms with Crippen LogP contribution in [0, 0.1) is 0 Å². The van der Waals surface area contributed by atoms with Crippen molar-refractivity contribution in [2.75, 3.05) is 6.54 Å². The van der Waals surface area contributed by atoms with Gasteiger partial charge in [0.15, 0.2) is 5.69 Å². The lowest BCUT2D eigenvalue weighted by atomic mass is 10.0. The van der Waals surface area contributed by atoms with Crippen molar-refractivity contribution in [2.24, 2.45) is 7.05 Å².